The molecule has 2 atom stereocenters. The molecule has 4 aromatic carbocycles. The summed E-state index contributed by atoms with van der Waals surface area (Å²) in [6.07, 6.45) is 9.22. The summed E-state index contributed by atoms with van der Waals surface area (Å²) in [6.45, 7) is 9.38. The van der Waals surface area contributed by atoms with Crippen molar-refractivity contribution in [2.75, 3.05) is 13.2 Å². The van der Waals surface area contributed by atoms with E-state index >= 15 is 0 Å². The zero-order chi connectivity index (χ0) is 44.3. The monoisotopic (exact) mass is 841 g/mol. The van der Waals surface area contributed by atoms with Gasteiger partial charge < -0.3 is 30.5 Å². The topological polar surface area (TPSA) is 169 Å². The Morgan fingerprint density at radius 1 is 0.694 bits per heavy atom. The first-order chi connectivity index (χ1) is 29.9. The Morgan fingerprint density at radius 3 is 2.00 bits per heavy atom. The third-order valence-corrected chi connectivity index (χ3v) is 10.4. The Labute approximate surface area is 364 Å². The van der Waals surface area contributed by atoms with Crippen LogP contribution in [-0.4, -0.2) is 64.2 Å². The Kier molecular flexibility index (Phi) is 17.6. The highest BCUT2D eigenvalue weighted by Gasteiger charge is 2.27. The van der Waals surface area contributed by atoms with E-state index in [0.717, 1.165) is 45.6 Å². The summed E-state index contributed by atoms with van der Waals surface area (Å²) >= 11 is 0. The van der Waals surface area contributed by atoms with Gasteiger partial charge in [0.15, 0.2) is 5.82 Å². The Morgan fingerprint density at radius 2 is 1.35 bits per heavy atom. The van der Waals surface area contributed by atoms with E-state index < -0.39 is 36.0 Å². The number of carbonyl (C=O) groups excluding carboxylic acids is 3. The number of unbranched alkanes of at least 4 members (excludes halogenated alkanes) is 4. The van der Waals surface area contributed by atoms with Crippen LogP contribution in [0.15, 0.2) is 116 Å². The second kappa shape index (κ2) is 23.4. The fourth-order valence-corrected chi connectivity index (χ4v) is 6.66. The van der Waals surface area contributed by atoms with Gasteiger partial charge in [-0.2, -0.15) is 0 Å². The van der Waals surface area contributed by atoms with Crippen LogP contribution in [0.2, 0.25) is 0 Å². The number of aliphatic carboxylic acids is 1. The Hall–Kier alpha value is -6.56. The lowest BCUT2D eigenvalue weighted by Gasteiger charge is -2.22. The van der Waals surface area contributed by atoms with Crippen LogP contribution in [0.4, 0.5) is 4.79 Å². The zero-order valence-corrected chi connectivity index (χ0v) is 36.2. The number of carboxylic acid groups (broad SMARTS) is 1. The van der Waals surface area contributed by atoms with Crippen LogP contribution in [0.5, 0.6) is 5.75 Å². The molecule has 0 saturated heterocycles. The highest BCUT2D eigenvalue weighted by molar-refractivity contribution is 5.98. The molecule has 0 saturated carbocycles. The number of carboxylic acids is 1. The molecule has 0 aliphatic rings. The maximum absolute atomic E-state index is 13.8. The summed E-state index contributed by atoms with van der Waals surface area (Å²) in [5.41, 5.74) is 5.46. The van der Waals surface area contributed by atoms with Crippen LogP contribution < -0.4 is 20.7 Å². The second-order valence-electron chi connectivity index (χ2n) is 16.4. The number of carbonyl (C=O) groups is 4. The first kappa shape index (κ1) is 46.5. The smallest absolute Gasteiger partial charge is 0.407 e. The largest absolute Gasteiger partial charge is 0.494 e. The van der Waals surface area contributed by atoms with Gasteiger partial charge in [-0.3, -0.25) is 9.59 Å². The predicted molar refractivity (Wildman–Crippen MR) is 241 cm³/mol. The summed E-state index contributed by atoms with van der Waals surface area (Å²) in [5.74, 6) is -1.01. The van der Waals surface area contributed by atoms with E-state index in [1.165, 1.54) is 25.7 Å². The Bertz CT molecular complexity index is 2170. The van der Waals surface area contributed by atoms with Crippen LogP contribution in [0.3, 0.4) is 0 Å². The molecule has 3 amide bonds. The van der Waals surface area contributed by atoms with Gasteiger partial charge in [0.25, 0.3) is 5.91 Å². The molecule has 0 aliphatic heterocycles. The van der Waals surface area contributed by atoms with Gasteiger partial charge in [0.1, 0.15) is 24.4 Å². The minimum atomic E-state index is -1.27. The zero-order valence-electron chi connectivity index (χ0n) is 36.2. The van der Waals surface area contributed by atoms with Gasteiger partial charge in [0.05, 0.1) is 6.61 Å². The number of benzene rings is 4. The molecule has 0 radical (unpaired) electrons. The fraction of sp³-hybridized carbons (Fsp3) is 0.360. The summed E-state index contributed by atoms with van der Waals surface area (Å²) < 4.78 is 11.1. The van der Waals surface area contributed by atoms with Crippen LogP contribution in [0, 0.1) is 0 Å². The van der Waals surface area contributed by atoms with Crippen molar-refractivity contribution in [3.63, 3.8) is 0 Å². The van der Waals surface area contributed by atoms with Gasteiger partial charge in [-0.15, -0.1) is 0 Å². The van der Waals surface area contributed by atoms with E-state index in [1.54, 1.807) is 24.5 Å². The molecule has 1 aromatic heterocycles. The molecule has 5 rings (SSSR count). The van der Waals surface area contributed by atoms with Gasteiger partial charge in [-0.05, 0) is 71.2 Å². The van der Waals surface area contributed by atoms with Crippen molar-refractivity contribution in [2.45, 2.75) is 103 Å². The number of nitrogens with one attached hydrogen (secondary N) is 3. The third kappa shape index (κ3) is 14.9. The minimum absolute atomic E-state index is 0.0292. The highest BCUT2D eigenvalue weighted by atomic mass is 16.5. The van der Waals surface area contributed by atoms with Crippen molar-refractivity contribution < 1.29 is 33.8 Å². The SMILES string of the molecule is CCCCCCCOc1ccc(-c2cnc(-c3ccc(C[C@H](NC(=O)c4ccc(C(C)(C)C)cc4)C(=O)NC(CCCNC(=O)OCc4ccccc4)C(=O)O)cc3)nc2)cc1. The summed E-state index contributed by atoms with van der Waals surface area (Å²) in [5, 5.41) is 18.1. The van der Waals surface area contributed by atoms with Crippen LogP contribution in [0.25, 0.3) is 22.5 Å². The Balaban J connectivity index is 1.21. The van der Waals surface area contributed by atoms with Crippen LogP contribution in [-0.2, 0) is 32.8 Å². The predicted octanol–water partition coefficient (Wildman–Crippen LogP) is 9.07. The summed E-state index contributed by atoms with van der Waals surface area (Å²) in [6, 6.07) is 29.3. The van der Waals surface area contributed by atoms with E-state index in [9.17, 15) is 24.3 Å². The summed E-state index contributed by atoms with van der Waals surface area (Å²) in [4.78, 5) is 61.0. The molecule has 62 heavy (non-hydrogen) atoms. The number of rotatable bonds is 22. The van der Waals surface area contributed by atoms with E-state index in [0.29, 0.717) is 18.0 Å². The van der Waals surface area contributed by atoms with Crippen molar-refractivity contribution in [1.29, 1.82) is 0 Å². The molecule has 4 N–H and O–H groups in total. The van der Waals surface area contributed by atoms with E-state index in [-0.39, 0.29) is 37.8 Å². The van der Waals surface area contributed by atoms with Crippen molar-refractivity contribution in [3.8, 4) is 28.3 Å². The van der Waals surface area contributed by atoms with E-state index in [1.807, 2.05) is 91.0 Å². The van der Waals surface area contributed by atoms with Crippen molar-refractivity contribution >= 4 is 23.9 Å². The molecule has 326 valence electrons. The molecule has 0 spiro atoms. The lowest BCUT2D eigenvalue weighted by atomic mass is 9.86. The van der Waals surface area contributed by atoms with Gasteiger partial charge in [-0.1, -0.05) is 132 Å². The molecular weight excluding hydrogens is 783 g/mol. The highest BCUT2D eigenvalue weighted by Crippen LogP contribution is 2.25. The number of hydrogen-bond acceptors (Lipinski definition) is 8. The van der Waals surface area contributed by atoms with Crippen LogP contribution in [0.1, 0.15) is 99.7 Å². The number of ether oxygens (including phenoxy) is 2. The standard InChI is InChI=1S/C50H59N5O7/c1-5-6-7-8-12-30-61-42-27-23-37(24-28-42)40-32-52-45(53-33-40)38-19-17-35(18-20-38)31-44(55-46(56)39-21-25-41(26-22-39)50(2,3)4)47(57)54-43(48(58)59)16-13-29-51-49(60)62-34-36-14-10-9-11-15-36/h9-11,14-15,17-28,32-33,43-44H,5-8,12-13,16,29-31,34H2,1-4H3,(H,51,60)(H,54,57)(H,55,56)(H,58,59)/t43?,44-/m0/s1. The molecule has 1 unspecified atom stereocenters. The number of hydrogen-bond donors (Lipinski definition) is 4. The fourth-order valence-electron chi connectivity index (χ4n) is 6.66. The van der Waals surface area contributed by atoms with E-state index in [4.69, 9.17) is 9.47 Å². The maximum atomic E-state index is 13.8. The lowest BCUT2D eigenvalue weighted by molar-refractivity contribution is -0.142. The first-order valence-electron chi connectivity index (χ1n) is 21.4. The summed E-state index contributed by atoms with van der Waals surface area (Å²) in [7, 11) is 0. The molecular formula is C50H59N5O7. The third-order valence-electron chi connectivity index (χ3n) is 10.4. The normalized spacial score (nSPS) is 12.1. The van der Waals surface area contributed by atoms with E-state index in [2.05, 4.69) is 53.6 Å². The molecule has 1 heterocycles. The molecule has 0 aliphatic carbocycles. The first-order valence-corrected chi connectivity index (χ1v) is 21.4. The number of nitrogens with zero attached hydrogens (tertiary/aromatic N) is 2. The molecule has 12 heteroatoms. The maximum Gasteiger partial charge on any atom is 0.407 e. The molecule has 5 aromatic rings. The van der Waals surface area contributed by atoms with Gasteiger partial charge in [-0.25, -0.2) is 19.6 Å². The molecule has 0 fully saturated rings. The van der Waals surface area contributed by atoms with Crippen LogP contribution >= 0.6 is 0 Å². The number of alkyl carbamates (subject to hydrolysis) is 1. The van der Waals surface area contributed by atoms with Gasteiger partial charge >= 0.3 is 12.1 Å². The molecule has 0 bridgehead atoms. The number of aromatic nitrogens is 2. The average molecular weight is 842 g/mol. The minimum Gasteiger partial charge on any atom is -0.494 e. The van der Waals surface area contributed by atoms with Gasteiger partial charge in [0, 0.05) is 42.0 Å². The second-order valence-corrected chi connectivity index (χ2v) is 16.4. The quantitative estimate of drug-likeness (QED) is 0.0497. The van der Waals surface area contributed by atoms with Crippen molar-refractivity contribution in [3.05, 3.63) is 138 Å². The average Bonchev–Trinajstić information content (AvgIpc) is 3.28. The number of amides is 3. The van der Waals surface area contributed by atoms with Crippen molar-refractivity contribution in [1.82, 2.24) is 25.9 Å². The van der Waals surface area contributed by atoms with Gasteiger partial charge in [0.2, 0.25) is 5.91 Å². The lowest BCUT2D eigenvalue weighted by Crippen LogP contribution is -2.52. The molecule has 12 nitrogen and oxygen atoms in total. The van der Waals surface area contributed by atoms with Crippen molar-refractivity contribution in [2.24, 2.45) is 0 Å².